The minimum atomic E-state index is -1.97. The number of fused-ring (bicyclic) bond motifs is 1. The van der Waals surface area contributed by atoms with E-state index in [1.165, 1.54) is 4.90 Å². The van der Waals surface area contributed by atoms with Crippen molar-refractivity contribution in [2.24, 2.45) is 0 Å². The second-order valence-electron chi connectivity index (χ2n) is 9.72. The Labute approximate surface area is 241 Å². The van der Waals surface area contributed by atoms with Crippen molar-refractivity contribution in [2.45, 2.75) is 37.6 Å². The summed E-state index contributed by atoms with van der Waals surface area (Å²) in [7, 11) is 0. The summed E-state index contributed by atoms with van der Waals surface area (Å²) in [5, 5.41) is 29.3. The molecule has 1 aliphatic heterocycles. The van der Waals surface area contributed by atoms with Crippen LogP contribution in [0.3, 0.4) is 0 Å². The topological polar surface area (TPSA) is 108 Å². The third-order valence-corrected chi connectivity index (χ3v) is 7.87. The van der Waals surface area contributed by atoms with Crippen LogP contribution >= 0.6 is 23.2 Å². The maximum absolute atomic E-state index is 13.6. The number of aliphatic hydroxyl groups is 2. The molecule has 10 heteroatoms. The Morgan fingerprint density at radius 2 is 1.68 bits per heavy atom. The van der Waals surface area contributed by atoms with E-state index in [0.29, 0.717) is 16.5 Å². The first-order valence-electron chi connectivity index (χ1n) is 12.8. The monoisotopic (exact) mass is 578 g/mol. The molecule has 2 heterocycles. The number of carbonyl (C=O) groups is 2. The molecular formula is C30H28Cl2N4O4. The van der Waals surface area contributed by atoms with E-state index in [1.807, 2.05) is 66.9 Å². The maximum Gasteiger partial charge on any atom is 0.255 e. The number of amides is 2. The molecule has 0 fully saturated rings. The molecule has 1 aromatic heterocycles. The highest BCUT2D eigenvalue weighted by molar-refractivity contribution is 6.42. The van der Waals surface area contributed by atoms with Gasteiger partial charge in [0.2, 0.25) is 0 Å². The second-order valence-corrected chi connectivity index (χ2v) is 10.5. The molecule has 0 radical (unpaired) electrons. The minimum Gasteiger partial charge on any atom is -0.380 e. The van der Waals surface area contributed by atoms with Crippen molar-refractivity contribution < 1.29 is 19.8 Å². The number of hydrogen-bond donors (Lipinski definition) is 3. The van der Waals surface area contributed by atoms with Crippen LogP contribution in [0.5, 0.6) is 0 Å². The van der Waals surface area contributed by atoms with Gasteiger partial charge in [0.05, 0.1) is 27.8 Å². The average Bonchev–Trinajstić information content (AvgIpc) is 3.52. The number of nitrogens with one attached hydrogen (secondary N) is 1. The molecule has 3 aromatic carbocycles. The Balaban J connectivity index is 1.32. The summed E-state index contributed by atoms with van der Waals surface area (Å²) < 4.78 is 1.71. The van der Waals surface area contributed by atoms with Crippen LogP contribution in [0.15, 0.2) is 85.2 Å². The lowest BCUT2D eigenvalue weighted by Crippen LogP contribution is -2.53. The number of aromatic nitrogens is 2. The van der Waals surface area contributed by atoms with Gasteiger partial charge in [0.1, 0.15) is 0 Å². The molecule has 8 nitrogen and oxygen atoms in total. The van der Waals surface area contributed by atoms with Gasteiger partial charge >= 0.3 is 0 Å². The summed E-state index contributed by atoms with van der Waals surface area (Å²) in [6.45, 7) is 2.01. The van der Waals surface area contributed by atoms with E-state index >= 15 is 0 Å². The van der Waals surface area contributed by atoms with Crippen molar-refractivity contribution in [3.63, 3.8) is 0 Å². The number of halogens is 2. The lowest BCUT2D eigenvalue weighted by Gasteiger charge is -2.39. The van der Waals surface area contributed by atoms with Gasteiger partial charge in [-0.05, 0) is 65.9 Å². The van der Waals surface area contributed by atoms with E-state index in [4.69, 9.17) is 23.2 Å². The molecule has 40 heavy (non-hydrogen) atoms. The summed E-state index contributed by atoms with van der Waals surface area (Å²) in [5.41, 5.74) is 4.15. The van der Waals surface area contributed by atoms with Gasteiger partial charge in [0.25, 0.3) is 11.8 Å². The quantitative estimate of drug-likeness (QED) is 0.304. The fourth-order valence-electron chi connectivity index (χ4n) is 5.01. The van der Waals surface area contributed by atoms with Gasteiger partial charge in [-0.1, -0.05) is 65.7 Å². The number of hydrogen-bond acceptors (Lipinski definition) is 5. The summed E-state index contributed by atoms with van der Waals surface area (Å²) in [6, 6.07) is 21.0. The van der Waals surface area contributed by atoms with E-state index < -0.39 is 36.1 Å². The average molecular weight is 579 g/mol. The highest BCUT2D eigenvalue weighted by Crippen LogP contribution is 2.39. The van der Waals surface area contributed by atoms with Crippen molar-refractivity contribution in [3.8, 4) is 5.69 Å². The summed E-state index contributed by atoms with van der Waals surface area (Å²) in [6.07, 6.45) is 0.0409. The largest absolute Gasteiger partial charge is 0.380 e. The highest BCUT2D eigenvalue weighted by atomic mass is 35.5. The van der Waals surface area contributed by atoms with E-state index in [1.54, 1.807) is 29.9 Å². The van der Waals surface area contributed by atoms with E-state index in [2.05, 4.69) is 10.4 Å². The molecule has 4 atom stereocenters. The lowest BCUT2D eigenvalue weighted by atomic mass is 9.87. The Morgan fingerprint density at radius 3 is 2.35 bits per heavy atom. The molecule has 206 valence electrons. The molecule has 1 aliphatic rings. The molecule has 0 spiro atoms. The van der Waals surface area contributed by atoms with Crippen molar-refractivity contribution in [1.29, 1.82) is 0 Å². The van der Waals surface area contributed by atoms with Crippen LogP contribution in [0.1, 0.15) is 41.3 Å². The summed E-state index contributed by atoms with van der Waals surface area (Å²) >= 11 is 12.6. The van der Waals surface area contributed by atoms with Gasteiger partial charge in [-0.3, -0.25) is 9.59 Å². The van der Waals surface area contributed by atoms with Crippen LogP contribution in [-0.2, 0) is 16.0 Å². The second kappa shape index (κ2) is 11.8. The lowest BCUT2D eigenvalue weighted by molar-refractivity contribution is -0.155. The first-order chi connectivity index (χ1) is 19.2. The normalized spacial score (nSPS) is 17.0. The maximum atomic E-state index is 13.6. The Hall–Kier alpha value is -3.69. The van der Waals surface area contributed by atoms with Gasteiger partial charge in [-0.2, -0.15) is 5.10 Å². The predicted molar refractivity (Wildman–Crippen MR) is 152 cm³/mol. The van der Waals surface area contributed by atoms with Crippen molar-refractivity contribution in [2.75, 3.05) is 6.54 Å². The molecule has 5 rings (SSSR count). The van der Waals surface area contributed by atoms with E-state index in [-0.39, 0.29) is 6.54 Å². The fraction of sp³-hybridized carbons (Fsp3) is 0.233. The molecule has 2 amide bonds. The highest BCUT2D eigenvalue weighted by Gasteiger charge is 2.39. The van der Waals surface area contributed by atoms with Crippen molar-refractivity contribution in [1.82, 2.24) is 20.0 Å². The van der Waals surface area contributed by atoms with Crippen molar-refractivity contribution >= 4 is 35.0 Å². The third kappa shape index (κ3) is 5.62. The van der Waals surface area contributed by atoms with Gasteiger partial charge in [0.15, 0.2) is 12.2 Å². The van der Waals surface area contributed by atoms with E-state index in [9.17, 15) is 19.8 Å². The SMILES string of the molecule is C[C@@H](NC(=O)[C@H](O)[C@@H](O)C(=O)N1CCc2cc(Cl)c(Cl)cc2C1c1ccccc1)c1ccc(-n2cccn2)cc1. The minimum absolute atomic E-state index is 0.258. The van der Waals surface area contributed by atoms with Gasteiger partial charge in [0, 0.05) is 18.9 Å². The van der Waals surface area contributed by atoms with Gasteiger partial charge in [-0.15, -0.1) is 0 Å². The van der Waals surface area contributed by atoms with Crippen LogP contribution in [0.2, 0.25) is 10.0 Å². The molecule has 0 bridgehead atoms. The predicted octanol–water partition coefficient (Wildman–Crippen LogP) is 4.25. The van der Waals surface area contributed by atoms with Crippen LogP contribution in [-0.4, -0.2) is 55.5 Å². The smallest absolute Gasteiger partial charge is 0.255 e. The van der Waals surface area contributed by atoms with Crippen LogP contribution in [0.25, 0.3) is 5.69 Å². The molecule has 0 saturated heterocycles. The van der Waals surface area contributed by atoms with Crippen LogP contribution < -0.4 is 5.32 Å². The van der Waals surface area contributed by atoms with Gasteiger partial charge < -0.3 is 20.4 Å². The molecule has 1 unspecified atom stereocenters. The standard InChI is InChI=1S/C30H28Cl2N4O4/c1-18(19-8-10-22(11-9-19)36-14-5-13-33-36)34-29(39)27(37)28(38)30(40)35-15-12-21-16-24(31)25(32)17-23(21)26(35)20-6-3-2-4-7-20/h2-11,13-14,16-18,26-28,37-38H,12,15H2,1H3,(H,34,39)/t18-,26?,27-,28-/m1/s1. The Bertz CT molecular complexity index is 1500. The summed E-state index contributed by atoms with van der Waals surface area (Å²) in [4.78, 5) is 27.9. The van der Waals surface area contributed by atoms with Gasteiger partial charge in [-0.25, -0.2) is 4.68 Å². The Kier molecular flexibility index (Phi) is 8.23. The zero-order valence-electron chi connectivity index (χ0n) is 21.6. The third-order valence-electron chi connectivity index (χ3n) is 7.15. The first kappa shape index (κ1) is 27.9. The zero-order chi connectivity index (χ0) is 28.4. The number of carbonyl (C=O) groups excluding carboxylic acids is 2. The number of benzene rings is 3. The summed E-state index contributed by atoms with van der Waals surface area (Å²) in [5.74, 6) is -1.61. The first-order valence-corrected chi connectivity index (χ1v) is 13.6. The number of rotatable bonds is 7. The fourth-order valence-corrected chi connectivity index (χ4v) is 5.37. The molecular weight excluding hydrogens is 551 g/mol. The molecule has 0 aliphatic carbocycles. The van der Waals surface area contributed by atoms with Crippen LogP contribution in [0, 0.1) is 0 Å². The Morgan fingerprint density at radius 1 is 0.975 bits per heavy atom. The van der Waals surface area contributed by atoms with Crippen molar-refractivity contribution in [3.05, 3.63) is 117 Å². The molecule has 4 aromatic rings. The molecule has 0 saturated carbocycles. The van der Waals surface area contributed by atoms with E-state index in [0.717, 1.165) is 27.9 Å². The number of aliphatic hydroxyl groups excluding tert-OH is 2. The number of nitrogens with zero attached hydrogens (tertiary/aromatic N) is 3. The molecule has 3 N–H and O–H groups in total. The van der Waals surface area contributed by atoms with Crippen LogP contribution in [0.4, 0.5) is 0 Å². The zero-order valence-corrected chi connectivity index (χ0v) is 23.1.